The smallest absolute Gasteiger partial charge is 0.251 e. The Morgan fingerprint density at radius 3 is 2.81 bits per heavy atom. The summed E-state index contributed by atoms with van der Waals surface area (Å²) in [6.45, 7) is 4.65. The lowest BCUT2D eigenvalue weighted by atomic mass is 10.1. The lowest BCUT2D eigenvalue weighted by Crippen LogP contribution is -2.23. The number of amides is 1. The second-order valence-electron chi connectivity index (χ2n) is 5.43. The molecule has 0 radical (unpaired) electrons. The van der Waals surface area contributed by atoms with E-state index in [1.807, 2.05) is 55.1 Å². The second kappa shape index (κ2) is 5.13. The third-order valence-electron chi connectivity index (χ3n) is 4.05. The molecule has 0 aliphatic heterocycles. The molecule has 0 spiro atoms. The van der Waals surface area contributed by atoms with Gasteiger partial charge in [-0.05, 0) is 49.7 Å². The van der Waals surface area contributed by atoms with Crippen molar-refractivity contribution in [2.75, 3.05) is 0 Å². The molecule has 108 valence electrons. The number of rotatable bonds is 3. The quantitative estimate of drug-likeness (QED) is 0.761. The number of H-pyrrole nitrogens is 1. The molecule has 0 bridgehead atoms. The maximum absolute atomic E-state index is 12.3. The largest absolute Gasteiger partial charge is 0.358 e. The van der Waals surface area contributed by atoms with Crippen molar-refractivity contribution in [2.45, 2.75) is 20.4 Å². The highest BCUT2D eigenvalue weighted by Gasteiger charge is 2.10. The number of aromatic nitrogens is 2. The summed E-state index contributed by atoms with van der Waals surface area (Å²) in [5, 5.41) is 4.07. The van der Waals surface area contributed by atoms with Crippen LogP contribution in [-0.2, 0) is 13.6 Å². The van der Waals surface area contributed by atoms with Crippen LogP contribution in [0.2, 0.25) is 0 Å². The lowest BCUT2D eigenvalue weighted by molar-refractivity contribution is 0.0950. The van der Waals surface area contributed by atoms with Crippen molar-refractivity contribution in [2.24, 2.45) is 7.05 Å². The van der Waals surface area contributed by atoms with Gasteiger partial charge in [0, 0.05) is 41.1 Å². The van der Waals surface area contributed by atoms with Crippen LogP contribution in [-0.4, -0.2) is 15.5 Å². The number of aromatic amines is 1. The van der Waals surface area contributed by atoms with Crippen LogP contribution in [0, 0.1) is 13.8 Å². The molecular formula is C17H19N3O. The number of hydrogen-bond acceptors (Lipinski definition) is 1. The SMILES string of the molecule is Cc1[nH]c2ccc(C(=O)NCc3cccn3C)cc2c1C. The minimum atomic E-state index is -0.0450. The number of benzene rings is 1. The Bertz CT molecular complexity index is 811. The average Bonchev–Trinajstić information content (AvgIpc) is 3.01. The van der Waals surface area contributed by atoms with E-state index in [1.54, 1.807) is 0 Å². The molecule has 1 amide bonds. The van der Waals surface area contributed by atoms with E-state index in [2.05, 4.69) is 17.2 Å². The average molecular weight is 281 g/mol. The molecule has 1 aromatic carbocycles. The van der Waals surface area contributed by atoms with E-state index in [-0.39, 0.29) is 5.91 Å². The van der Waals surface area contributed by atoms with Gasteiger partial charge >= 0.3 is 0 Å². The minimum Gasteiger partial charge on any atom is -0.358 e. The highest BCUT2D eigenvalue weighted by atomic mass is 16.1. The van der Waals surface area contributed by atoms with Gasteiger partial charge in [0.2, 0.25) is 0 Å². The first-order chi connectivity index (χ1) is 10.1. The molecule has 0 atom stereocenters. The molecule has 2 heterocycles. The first-order valence-corrected chi connectivity index (χ1v) is 7.03. The van der Waals surface area contributed by atoms with Crippen LogP contribution in [0.25, 0.3) is 10.9 Å². The normalized spacial score (nSPS) is 11.0. The van der Waals surface area contributed by atoms with Gasteiger partial charge in [-0.25, -0.2) is 0 Å². The van der Waals surface area contributed by atoms with E-state index < -0.39 is 0 Å². The fraction of sp³-hybridized carbons (Fsp3) is 0.235. The number of carbonyl (C=O) groups is 1. The monoisotopic (exact) mass is 281 g/mol. The van der Waals surface area contributed by atoms with Crippen LogP contribution in [0.3, 0.4) is 0 Å². The van der Waals surface area contributed by atoms with Gasteiger partial charge in [-0.15, -0.1) is 0 Å². The lowest BCUT2D eigenvalue weighted by Gasteiger charge is -2.07. The molecule has 0 aliphatic rings. The first kappa shape index (κ1) is 13.5. The summed E-state index contributed by atoms with van der Waals surface area (Å²) >= 11 is 0. The van der Waals surface area contributed by atoms with Gasteiger partial charge in [0.25, 0.3) is 5.91 Å². The Kier molecular flexibility index (Phi) is 3.29. The van der Waals surface area contributed by atoms with E-state index in [0.29, 0.717) is 12.1 Å². The van der Waals surface area contributed by atoms with Gasteiger partial charge in [0.15, 0.2) is 0 Å². The zero-order chi connectivity index (χ0) is 15.0. The van der Waals surface area contributed by atoms with E-state index in [0.717, 1.165) is 22.3 Å². The van der Waals surface area contributed by atoms with Crippen LogP contribution in [0.4, 0.5) is 0 Å². The topological polar surface area (TPSA) is 49.8 Å². The summed E-state index contributed by atoms with van der Waals surface area (Å²) in [5.74, 6) is -0.0450. The molecule has 3 rings (SSSR count). The zero-order valence-electron chi connectivity index (χ0n) is 12.5. The summed E-state index contributed by atoms with van der Waals surface area (Å²) < 4.78 is 2.00. The Morgan fingerprint density at radius 1 is 1.29 bits per heavy atom. The molecule has 2 N–H and O–H groups in total. The van der Waals surface area contributed by atoms with Gasteiger partial charge in [0.05, 0.1) is 6.54 Å². The maximum Gasteiger partial charge on any atom is 0.251 e. The van der Waals surface area contributed by atoms with Crippen molar-refractivity contribution in [3.63, 3.8) is 0 Å². The summed E-state index contributed by atoms with van der Waals surface area (Å²) in [6.07, 6.45) is 1.97. The molecular weight excluding hydrogens is 262 g/mol. The minimum absolute atomic E-state index is 0.0450. The Hall–Kier alpha value is -2.49. The number of nitrogens with one attached hydrogen (secondary N) is 2. The molecule has 4 nitrogen and oxygen atoms in total. The highest BCUT2D eigenvalue weighted by Crippen LogP contribution is 2.22. The molecule has 0 unspecified atom stereocenters. The number of fused-ring (bicyclic) bond motifs is 1. The third kappa shape index (κ3) is 2.44. The van der Waals surface area contributed by atoms with E-state index in [9.17, 15) is 4.79 Å². The second-order valence-corrected chi connectivity index (χ2v) is 5.43. The summed E-state index contributed by atoms with van der Waals surface area (Å²) in [7, 11) is 1.97. The number of carbonyl (C=O) groups excluding carboxylic acids is 1. The molecule has 21 heavy (non-hydrogen) atoms. The Labute approximate surface area is 123 Å². The van der Waals surface area contributed by atoms with Gasteiger partial charge in [0.1, 0.15) is 0 Å². The first-order valence-electron chi connectivity index (χ1n) is 7.03. The standard InChI is InChI=1S/C17H19N3O/c1-11-12(2)19-16-7-6-13(9-15(11)16)17(21)18-10-14-5-4-8-20(14)3/h4-9,19H,10H2,1-3H3,(H,18,21). The van der Waals surface area contributed by atoms with E-state index >= 15 is 0 Å². The fourth-order valence-electron chi connectivity index (χ4n) is 2.56. The Balaban J connectivity index is 1.81. The molecule has 4 heteroatoms. The number of aryl methyl sites for hydroxylation is 3. The molecule has 0 saturated carbocycles. The van der Waals surface area contributed by atoms with Crippen molar-refractivity contribution in [3.05, 3.63) is 59.0 Å². The van der Waals surface area contributed by atoms with Crippen molar-refractivity contribution in [3.8, 4) is 0 Å². The Morgan fingerprint density at radius 2 is 2.10 bits per heavy atom. The zero-order valence-corrected chi connectivity index (χ0v) is 12.5. The molecule has 3 aromatic rings. The van der Waals surface area contributed by atoms with Crippen LogP contribution >= 0.6 is 0 Å². The molecule has 0 saturated heterocycles. The van der Waals surface area contributed by atoms with Crippen LogP contribution in [0.15, 0.2) is 36.5 Å². The predicted molar refractivity (Wildman–Crippen MR) is 84.4 cm³/mol. The van der Waals surface area contributed by atoms with Gasteiger partial charge < -0.3 is 14.9 Å². The maximum atomic E-state index is 12.3. The van der Waals surface area contributed by atoms with Gasteiger partial charge in [-0.1, -0.05) is 0 Å². The number of hydrogen-bond donors (Lipinski definition) is 2. The van der Waals surface area contributed by atoms with Crippen LogP contribution < -0.4 is 5.32 Å². The van der Waals surface area contributed by atoms with Crippen molar-refractivity contribution in [1.82, 2.24) is 14.9 Å². The van der Waals surface area contributed by atoms with E-state index in [1.165, 1.54) is 5.56 Å². The number of nitrogens with zero attached hydrogens (tertiary/aromatic N) is 1. The third-order valence-corrected chi connectivity index (χ3v) is 4.05. The fourth-order valence-corrected chi connectivity index (χ4v) is 2.56. The van der Waals surface area contributed by atoms with Gasteiger partial charge in [-0.2, -0.15) is 0 Å². The summed E-state index contributed by atoms with van der Waals surface area (Å²) in [6, 6.07) is 9.75. The van der Waals surface area contributed by atoms with Crippen molar-refractivity contribution < 1.29 is 4.79 Å². The van der Waals surface area contributed by atoms with Crippen molar-refractivity contribution in [1.29, 1.82) is 0 Å². The summed E-state index contributed by atoms with van der Waals surface area (Å²) in [5.41, 5.74) is 5.19. The van der Waals surface area contributed by atoms with E-state index in [4.69, 9.17) is 0 Å². The molecule has 0 fully saturated rings. The highest BCUT2D eigenvalue weighted by molar-refractivity contribution is 5.99. The summed E-state index contributed by atoms with van der Waals surface area (Å²) in [4.78, 5) is 15.6. The predicted octanol–water partition coefficient (Wildman–Crippen LogP) is 3.05. The van der Waals surface area contributed by atoms with Crippen LogP contribution in [0.1, 0.15) is 27.3 Å². The molecule has 2 aromatic heterocycles. The van der Waals surface area contributed by atoms with Crippen LogP contribution in [0.5, 0.6) is 0 Å². The van der Waals surface area contributed by atoms with Gasteiger partial charge in [-0.3, -0.25) is 4.79 Å². The molecule has 0 aliphatic carbocycles. The van der Waals surface area contributed by atoms with Crippen molar-refractivity contribution >= 4 is 16.8 Å².